The number of nitrogens with zero attached hydrogens (tertiary/aromatic N) is 1. The Kier molecular flexibility index (Phi) is 6.48. The molecule has 0 bridgehead atoms. The van der Waals surface area contributed by atoms with Crippen LogP contribution in [0.2, 0.25) is 5.02 Å². The second kappa shape index (κ2) is 8.61. The third kappa shape index (κ3) is 4.81. The standard InChI is InChI=1S/C20H32ClN3O/c1-3-25-17-6-4-16(5-7-17)24-10-8-15(9-11-24)23-20-12-14(2)18(21)13-19(20)22/h12-13,15-17,23H,3-11,22H2,1-2H3. The predicted octanol–water partition coefficient (Wildman–Crippen LogP) is 4.45. The van der Waals surface area contributed by atoms with Gasteiger partial charge in [0.1, 0.15) is 0 Å². The van der Waals surface area contributed by atoms with Crippen LogP contribution in [0, 0.1) is 6.92 Å². The van der Waals surface area contributed by atoms with Gasteiger partial charge in [0.05, 0.1) is 17.5 Å². The summed E-state index contributed by atoms with van der Waals surface area (Å²) in [7, 11) is 0. The molecule has 1 aliphatic heterocycles. The van der Waals surface area contributed by atoms with Crippen molar-refractivity contribution in [1.82, 2.24) is 4.90 Å². The van der Waals surface area contributed by atoms with Gasteiger partial charge < -0.3 is 20.7 Å². The van der Waals surface area contributed by atoms with Crippen LogP contribution in [0.4, 0.5) is 11.4 Å². The first-order chi connectivity index (χ1) is 12.1. The summed E-state index contributed by atoms with van der Waals surface area (Å²) in [6, 6.07) is 5.17. The van der Waals surface area contributed by atoms with Crippen molar-refractivity contribution in [2.24, 2.45) is 0 Å². The average Bonchev–Trinajstić information content (AvgIpc) is 2.61. The Hall–Kier alpha value is -0.970. The number of anilines is 2. The first-order valence-electron chi connectivity index (χ1n) is 9.74. The number of hydrogen-bond donors (Lipinski definition) is 2. The number of likely N-dealkylation sites (tertiary alicyclic amines) is 1. The molecular formula is C20H32ClN3O. The average molecular weight is 366 g/mol. The summed E-state index contributed by atoms with van der Waals surface area (Å²) < 4.78 is 5.78. The highest BCUT2D eigenvalue weighted by atomic mass is 35.5. The van der Waals surface area contributed by atoms with Crippen LogP contribution in [0.25, 0.3) is 0 Å². The summed E-state index contributed by atoms with van der Waals surface area (Å²) in [5.74, 6) is 0. The molecule has 0 amide bonds. The molecule has 4 nitrogen and oxygen atoms in total. The number of nitrogen functional groups attached to an aromatic ring is 1. The van der Waals surface area contributed by atoms with Gasteiger partial charge in [0, 0.05) is 36.8 Å². The Morgan fingerprint density at radius 1 is 1.16 bits per heavy atom. The molecule has 1 aromatic rings. The zero-order valence-corrected chi connectivity index (χ0v) is 16.3. The zero-order valence-electron chi connectivity index (χ0n) is 15.6. The van der Waals surface area contributed by atoms with Gasteiger partial charge in [0.2, 0.25) is 0 Å². The van der Waals surface area contributed by atoms with E-state index in [0.29, 0.717) is 12.1 Å². The van der Waals surface area contributed by atoms with Crippen LogP contribution >= 0.6 is 11.6 Å². The number of aryl methyl sites for hydroxylation is 1. The Labute approximate surface area is 157 Å². The summed E-state index contributed by atoms with van der Waals surface area (Å²) in [6.45, 7) is 7.31. The summed E-state index contributed by atoms with van der Waals surface area (Å²) in [5.41, 5.74) is 8.96. The van der Waals surface area contributed by atoms with Crippen molar-refractivity contribution in [2.45, 2.75) is 70.6 Å². The van der Waals surface area contributed by atoms with Crippen LogP contribution in [-0.2, 0) is 4.74 Å². The minimum atomic E-state index is 0.497. The number of halogens is 1. The van der Waals surface area contributed by atoms with E-state index >= 15 is 0 Å². The highest BCUT2D eigenvalue weighted by molar-refractivity contribution is 6.31. The minimum Gasteiger partial charge on any atom is -0.397 e. The highest BCUT2D eigenvalue weighted by Gasteiger charge is 2.29. The Morgan fingerprint density at radius 3 is 2.48 bits per heavy atom. The number of piperidine rings is 1. The topological polar surface area (TPSA) is 50.5 Å². The molecule has 1 aliphatic carbocycles. The van der Waals surface area contributed by atoms with E-state index in [9.17, 15) is 0 Å². The first-order valence-corrected chi connectivity index (χ1v) is 10.1. The fourth-order valence-electron chi connectivity index (χ4n) is 4.26. The van der Waals surface area contributed by atoms with Crippen LogP contribution in [0.3, 0.4) is 0 Å². The molecule has 3 rings (SSSR count). The van der Waals surface area contributed by atoms with E-state index in [-0.39, 0.29) is 0 Å². The van der Waals surface area contributed by atoms with Gasteiger partial charge in [-0.3, -0.25) is 0 Å². The van der Waals surface area contributed by atoms with E-state index in [1.54, 1.807) is 0 Å². The van der Waals surface area contributed by atoms with E-state index in [2.05, 4.69) is 23.2 Å². The molecule has 0 unspecified atom stereocenters. The van der Waals surface area contributed by atoms with Crippen LogP contribution in [0.1, 0.15) is 51.0 Å². The lowest BCUT2D eigenvalue weighted by atomic mass is 9.90. The number of ether oxygens (including phenoxy) is 1. The van der Waals surface area contributed by atoms with Gasteiger partial charge in [-0.05, 0) is 70.1 Å². The molecule has 1 saturated carbocycles. The van der Waals surface area contributed by atoms with Crippen molar-refractivity contribution < 1.29 is 4.74 Å². The summed E-state index contributed by atoms with van der Waals surface area (Å²) >= 11 is 6.14. The number of benzene rings is 1. The van der Waals surface area contributed by atoms with E-state index in [1.807, 2.05) is 13.0 Å². The van der Waals surface area contributed by atoms with Crippen LogP contribution < -0.4 is 11.1 Å². The first kappa shape index (κ1) is 18.8. The monoisotopic (exact) mass is 365 g/mol. The molecule has 0 radical (unpaired) electrons. The van der Waals surface area contributed by atoms with Crippen LogP contribution in [0.15, 0.2) is 12.1 Å². The lowest BCUT2D eigenvalue weighted by Gasteiger charge is -2.41. The van der Waals surface area contributed by atoms with Gasteiger partial charge in [-0.2, -0.15) is 0 Å². The molecule has 0 spiro atoms. The smallest absolute Gasteiger partial charge is 0.0579 e. The third-order valence-corrected chi connectivity index (χ3v) is 6.19. The van der Waals surface area contributed by atoms with Crippen molar-refractivity contribution in [3.8, 4) is 0 Å². The number of hydrogen-bond acceptors (Lipinski definition) is 4. The molecule has 1 aromatic carbocycles. The molecule has 0 atom stereocenters. The van der Waals surface area contributed by atoms with Crippen molar-refractivity contribution in [3.63, 3.8) is 0 Å². The SMILES string of the molecule is CCOC1CCC(N2CCC(Nc3cc(C)c(Cl)cc3N)CC2)CC1. The second-order valence-corrected chi connectivity index (χ2v) is 7.94. The van der Waals surface area contributed by atoms with Crippen molar-refractivity contribution in [1.29, 1.82) is 0 Å². The Balaban J connectivity index is 1.47. The van der Waals surface area contributed by atoms with Crippen molar-refractivity contribution in [3.05, 3.63) is 22.7 Å². The molecule has 0 aromatic heterocycles. The fourth-order valence-corrected chi connectivity index (χ4v) is 4.44. The Bertz CT molecular complexity index is 564. The number of rotatable bonds is 5. The lowest BCUT2D eigenvalue weighted by Crippen LogP contribution is -2.46. The molecular weight excluding hydrogens is 334 g/mol. The van der Waals surface area contributed by atoms with E-state index in [0.717, 1.165) is 34.6 Å². The summed E-state index contributed by atoms with van der Waals surface area (Å²) in [6.07, 6.45) is 7.85. The third-order valence-electron chi connectivity index (χ3n) is 5.78. The second-order valence-electron chi connectivity index (χ2n) is 7.53. The molecule has 1 saturated heterocycles. The summed E-state index contributed by atoms with van der Waals surface area (Å²) in [5, 5.41) is 4.37. The minimum absolute atomic E-state index is 0.497. The quantitative estimate of drug-likeness (QED) is 0.756. The maximum absolute atomic E-state index is 6.14. The molecule has 25 heavy (non-hydrogen) atoms. The predicted molar refractivity (Wildman–Crippen MR) is 106 cm³/mol. The van der Waals surface area contributed by atoms with Crippen molar-refractivity contribution in [2.75, 3.05) is 30.7 Å². The van der Waals surface area contributed by atoms with Gasteiger partial charge in [0.25, 0.3) is 0 Å². The maximum Gasteiger partial charge on any atom is 0.0579 e. The Morgan fingerprint density at radius 2 is 1.84 bits per heavy atom. The van der Waals surface area contributed by atoms with Gasteiger partial charge in [-0.1, -0.05) is 11.6 Å². The van der Waals surface area contributed by atoms with E-state index < -0.39 is 0 Å². The molecule has 2 aliphatic rings. The largest absolute Gasteiger partial charge is 0.397 e. The maximum atomic E-state index is 6.14. The van der Waals surface area contributed by atoms with E-state index in [4.69, 9.17) is 22.1 Å². The normalized spacial score (nSPS) is 25.9. The van der Waals surface area contributed by atoms with E-state index in [1.165, 1.54) is 51.6 Å². The highest BCUT2D eigenvalue weighted by Crippen LogP contribution is 2.30. The van der Waals surface area contributed by atoms with Crippen LogP contribution in [0.5, 0.6) is 0 Å². The zero-order chi connectivity index (χ0) is 17.8. The molecule has 2 fully saturated rings. The number of nitrogens with one attached hydrogen (secondary N) is 1. The molecule has 140 valence electrons. The lowest BCUT2D eigenvalue weighted by molar-refractivity contribution is 0.00994. The molecule has 5 heteroatoms. The van der Waals surface area contributed by atoms with Crippen LogP contribution in [-0.4, -0.2) is 42.8 Å². The summed E-state index contributed by atoms with van der Waals surface area (Å²) in [4.78, 5) is 2.69. The number of nitrogens with two attached hydrogens (primary N) is 1. The van der Waals surface area contributed by atoms with Gasteiger partial charge in [0.15, 0.2) is 0 Å². The molecule has 1 heterocycles. The fraction of sp³-hybridized carbons (Fsp3) is 0.700. The van der Waals surface area contributed by atoms with Crippen molar-refractivity contribution >= 4 is 23.0 Å². The van der Waals surface area contributed by atoms with Gasteiger partial charge in [-0.15, -0.1) is 0 Å². The van der Waals surface area contributed by atoms with Gasteiger partial charge in [-0.25, -0.2) is 0 Å². The molecule has 3 N–H and O–H groups in total. The van der Waals surface area contributed by atoms with Gasteiger partial charge >= 0.3 is 0 Å².